The van der Waals surface area contributed by atoms with Crippen molar-refractivity contribution < 1.29 is 9.18 Å². The maximum Gasteiger partial charge on any atom is 0.251 e. The van der Waals surface area contributed by atoms with Gasteiger partial charge in [-0.25, -0.2) is 4.39 Å². The average molecular weight is 322 g/mol. The van der Waals surface area contributed by atoms with Crippen LogP contribution < -0.4 is 5.32 Å². The number of benzene rings is 2. The van der Waals surface area contributed by atoms with Gasteiger partial charge in [-0.15, -0.1) is 0 Å². The third-order valence-electron chi connectivity index (χ3n) is 2.78. The summed E-state index contributed by atoms with van der Waals surface area (Å²) in [6, 6.07) is 12.1. The summed E-state index contributed by atoms with van der Waals surface area (Å²) in [5.74, 6) is -0.644. The third kappa shape index (κ3) is 3.64. The molecular formula is C15H13BrFNO. The van der Waals surface area contributed by atoms with Crippen LogP contribution in [0.15, 0.2) is 46.9 Å². The van der Waals surface area contributed by atoms with Gasteiger partial charge in [-0.2, -0.15) is 0 Å². The summed E-state index contributed by atoms with van der Waals surface area (Å²) in [6.07, 6.45) is 0. The number of rotatable bonds is 3. The van der Waals surface area contributed by atoms with Gasteiger partial charge in [-0.3, -0.25) is 4.79 Å². The highest BCUT2D eigenvalue weighted by Gasteiger charge is 2.07. The molecular weight excluding hydrogens is 309 g/mol. The van der Waals surface area contributed by atoms with Gasteiger partial charge in [0.1, 0.15) is 5.82 Å². The van der Waals surface area contributed by atoms with E-state index in [9.17, 15) is 9.18 Å². The molecule has 0 aromatic heterocycles. The Labute approximate surface area is 119 Å². The summed E-state index contributed by atoms with van der Waals surface area (Å²) in [7, 11) is 0. The number of halogens is 2. The number of aryl methyl sites for hydroxylation is 1. The van der Waals surface area contributed by atoms with E-state index in [1.54, 1.807) is 19.1 Å². The molecule has 0 unspecified atom stereocenters. The van der Waals surface area contributed by atoms with Crippen molar-refractivity contribution in [2.75, 3.05) is 0 Å². The highest BCUT2D eigenvalue weighted by atomic mass is 79.9. The topological polar surface area (TPSA) is 29.1 Å². The molecule has 2 rings (SSSR count). The standard InChI is InChI=1S/C15H13BrFNO/c1-10-5-6-12(8-14(10)17)15(19)18-9-11-3-2-4-13(16)7-11/h2-8H,9H2,1H3,(H,18,19). The van der Waals surface area contributed by atoms with Crippen LogP contribution in [0.25, 0.3) is 0 Å². The summed E-state index contributed by atoms with van der Waals surface area (Å²) in [4.78, 5) is 11.9. The zero-order chi connectivity index (χ0) is 13.8. The van der Waals surface area contributed by atoms with Crippen molar-refractivity contribution in [2.24, 2.45) is 0 Å². The molecule has 0 aliphatic rings. The fourth-order valence-corrected chi connectivity index (χ4v) is 2.11. The van der Waals surface area contributed by atoms with Gasteiger partial charge < -0.3 is 5.32 Å². The van der Waals surface area contributed by atoms with Crippen molar-refractivity contribution in [3.8, 4) is 0 Å². The molecule has 0 bridgehead atoms. The van der Waals surface area contributed by atoms with Crippen molar-refractivity contribution in [3.63, 3.8) is 0 Å². The average Bonchev–Trinajstić information content (AvgIpc) is 2.39. The molecule has 1 N–H and O–H groups in total. The minimum atomic E-state index is -0.366. The van der Waals surface area contributed by atoms with E-state index in [2.05, 4.69) is 21.2 Å². The molecule has 0 atom stereocenters. The molecule has 0 heterocycles. The van der Waals surface area contributed by atoms with Gasteiger partial charge in [0.2, 0.25) is 0 Å². The van der Waals surface area contributed by atoms with E-state index >= 15 is 0 Å². The maximum atomic E-state index is 13.4. The molecule has 2 nitrogen and oxygen atoms in total. The van der Waals surface area contributed by atoms with E-state index in [1.807, 2.05) is 24.3 Å². The summed E-state index contributed by atoms with van der Waals surface area (Å²) in [6.45, 7) is 2.08. The molecule has 2 aromatic rings. The number of amides is 1. The smallest absolute Gasteiger partial charge is 0.251 e. The van der Waals surface area contributed by atoms with Crippen LogP contribution in [-0.2, 0) is 6.54 Å². The zero-order valence-corrected chi connectivity index (χ0v) is 12.0. The first-order valence-corrected chi connectivity index (χ1v) is 6.64. The first-order chi connectivity index (χ1) is 9.06. The zero-order valence-electron chi connectivity index (χ0n) is 10.4. The number of nitrogens with one attached hydrogen (secondary N) is 1. The predicted octanol–water partition coefficient (Wildman–Crippen LogP) is 3.83. The van der Waals surface area contributed by atoms with Gasteiger partial charge in [-0.1, -0.05) is 34.1 Å². The predicted molar refractivity (Wildman–Crippen MR) is 76.4 cm³/mol. The third-order valence-corrected chi connectivity index (χ3v) is 3.27. The first kappa shape index (κ1) is 13.7. The van der Waals surface area contributed by atoms with Crippen LogP contribution >= 0.6 is 15.9 Å². The number of carbonyl (C=O) groups is 1. The highest BCUT2D eigenvalue weighted by Crippen LogP contribution is 2.12. The highest BCUT2D eigenvalue weighted by molar-refractivity contribution is 9.10. The van der Waals surface area contributed by atoms with Crippen LogP contribution in [0.2, 0.25) is 0 Å². The Morgan fingerprint density at radius 2 is 2.05 bits per heavy atom. The molecule has 0 saturated heterocycles. The lowest BCUT2D eigenvalue weighted by molar-refractivity contribution is 0.0950. The van der Waals surface area contributed by atoms with Crippen LogP contribution in [-0.4, -0.2) is 5.91 Å². The normalized spacial score (nSPS) is 10.3. The second kappa shape index (κ2) is 5.97. The van der Waals surface area contributed by atoms with Gasteiger partial charge in [0.05, 0.1) is 0 Å². The largest absolute Gasteiger partial charge is 0.348 e. The molecule has 0 radical (unpaired) electrons. The lowest BCUT2D eigenvalue weighted by Crippen LogP contribution is -2.22. The van der Waals surface area contributed by atoms with E-state index in [0.29, 0.717) is 17.7 Å². The van der Waals surface area contributed by atoms with Crippen LogP contribution in [0.5, 0.6) is 0 Å². The van der Waals surface area contributed by atoms with Gasteiger partial charge in [0.25, 0.3) is 5.91 Å². The molecule has 0 spiro atoms. The van der Waals surface area contributed by atoms with Gasteiger partial charge >= 0.3 is 0 Å². The van der Waals surface area contributed by atoms with E-state index < -0.39 is 0 Å². The summed E-state index contributed by atoms with van der Waals surface area (Å²) < 4.78 is 14.3. The number of carbonyl (C=O) groups excluding carboxylic acids is 1. The Kier molecular flexibility index (Phi) is 4.32. The van der Waals surface area contributed by atoms with Crippen LogP contribution in [0.4, 0.5) is 4.39 Å². The molecule has 19 heavy (non-hydrogen) atoms. The van der Waals surface area contributed by atoms with E-state index in [1.165, 1.54) is 6.07 Å². The van der Waals surface area contributed by atoms with Gasteiger partial charge in [0, 0.05) is 16.6 Å². The number of hydrogen-bond donors (Lipinski definition) is 1. The quantitative estimate of drug-likeness (QED) is 0.914. The fourth-order valence-electron chi connectivity index (χ4n) is 1.67. The summed E-state index contributed by atoms with van der Waals surface area (Å²) in [5, 5.41) is 2.76. The Hall–Kier alpha value is -1.68. The lowest BCUT2D eigenvalue weighted by Gasteiger charge is -2.06. The van der Waals surface area contributed by atoms with Crippen molar-refractivity contribution >= 4 is 21.8 Å². The fraction of sp³-hybridized carbons (Fsp3) is 0.133. The van der Waals surface area contributed by atoms with Gasteiger partial charge in [-0.05, 0) is 42.3 Å². The SMILES string of the molecule is Cc1ccc(C(=O)NCc2cccc(Br)c2)cc1F. The second-order valence-corrected chi connectivity index (χ2v) is 5.19. The first-order valence-electron chi connectivity index (χ1n) is 5.85. The maximum absolute atomic E-state index is 13.4. The van der Waals surface area contributed by atoms with E-state index in [-0.39, 0.29) is 11.7 Å². The minimum absolute atomic E-state index is 0.279. The molecule has 0 aliphatic heterocycles. The second-order valence-electron chi connectivity index (χ2n) is 4.28. The van der Waals surface area contributed by atoms with Crippen molar-refractivity contribution in [2.45, 2.75) is 13.5 Å². The summed E-state index contributed by atoms with van der Waals surface area (Å²) >= 11 is 3.37. The van der Waals surface area contributed by atoms with E-state index in [4.69, 9.17) is 0 Å². The summed E-state index contributed by atoms with van der Waals surface area (Å²) in [5.41, 5.74) is 1.84. The van der Waals surface area contributed by atoms with Gasteiger partial charge in [0.15, 0.2) is 0 Å². The van der Waals surface area contributed by atoms with Crippen LogP contribution in [0.3, 0.4) is 0 Å². The Balaban J connectivity index is 2.03. The van der Waals surface area contributed by atoms with Crippen LogP contribution in [0.1, 0.15) is 21.5 Å². The Morgan fingerprint density at radius 1 is 1.26 bits per heavy atom. The molecule has 0 aliphatic carbocycles. The van der Waals surface area contributed by atoms with E-state index in [0.717, 1.165) is 10.0 Å². The Bertz CT molecular complexity index is 613. The Morgan fingerprint density at radius 3 is 2.74 bits per heavy atom. The van der Waals surface area contributed by atoms with Crippen molar-refractivity contribution in [1.29, 1.82) is 0 Å². The van der Waals surface area contributed by atoms with Crippen molar-refractivity contribution in [1.82, 2.24) is 5.32 Å². The van der Waals surface area contributed by atoms with Crippen molar-refractivity contribution in [3.05, 3.63) is 69.4 Å². The minimum Gasteiger partial charge on any atom is -0.348 e. The molecule has 98 valence electrons. The molecule has 0 saturated carbocycles. The molecule has 4 heteroatoms. The monoisotopic (exact) mass is 321 g/mol. The van der Waals surface area contributed by atoms with Crippen LogP contribution in [0, 0.1) is 12.7 Å². The lowest BCUT2D eigenvalue weighted by atomic mass is 10.1. The molecule has 1 amide bonds. The molecule has 2 aromatic carbocycles. The number of hydrogen-bond acceptors (Lipinski definition) is 1. The molecule has 0 fully saturated rings.